The van der Waals surface area contributed by atoms with Gasteiger partial charge in [-0.05, 0) is 51.5 Å². The molecule has 1 saturated heterocycles. The van der Waals surface area contributed by atoms with Crippen molar-refractivity contribution < 1.29 is 9.26 Å². The number of ether oxygens (including phenoxy) is 1. The summed E-state index contributed by atoms with van der Waals surface area (Å²) in [4.78, 5) is 4.67. The standard InChI is InChI=1S/C15H25N3O2/c1-15(8-4-5-9-19-15)14-17-13(20-18-14)12-7-3-2-6-11(12)10-16/h11-12H,2-10,16H2,1H3. The van der Waals surface area contributed by atoms with Gasteiger partial charge < -0.3 is 15.0 Å². The molecule has 0 spiro atoms. The van der Waals surface area contributed by atoms with E-state index in [1.807, 2.05) is 0 Å². The van der Waals surface area contributed by atoms with Crippen LogP contribution in [-0.4, -0.2) is 23.3 Å². The van der Waals surface area contributed by atoms with Crippen LogP contribution in [0.2, 0.25) is 0 Å². The Bertz CT molecular complexity index is 440. The van der Waals surface area contributed by atoms with Crippen molar-refractivity contribution in [3.8, 4) is 0 Å². The summed E-state index contributed by atoms with van der Waals surface area (Å²) in [5.74, 6) is 2.30. The highest BCUT2D eigenvalue weighted by Crippen LogP contribution is 2.38. The van der Waals surface area contributed by atoms with Crippen molar-refractivity contribution >= 4 is 0 Å². The van der Waals surface area contributed by atoms with Gasteiger partial charge in [0.1, 0.15) is 5.60 Å². The molecule has 1 aromatic rings. The minimum Gasteiger partial charge on any atom is -0.367 e. The molecule has 1 aromatic heterocycles. The number of nitrogens with two attached hydrogens (primary N) is 1. The molecule has 3 unspecified atom stereocenters. The van der Waals surface area contributed by atoms with Crippen LogP contribution < -0.4 is 5.73 Å². The zero-order valence-electron chi connectivity index (χ0n) is 12.3. The lowest BCUT2D eigenvalue weighted by molar-refractivity contribution is -0.0770. The average molecular weight is 279 g/mol. The molecule has 5 nitrogen and oxygen atoms in total. The van der Waals surface area contributed by atoms with E-state index in [9.17, 15) is 0 Å². The first-order valence-electron chi connectivity index (χ1n) is 7.91. The summed E-state index contributed by atoms with van der Waals surface area (Å²) >= 11 is 0. The smallest absolute Gasteiger partial charge is 0.230 e. The fourth-order valence-electron chi connectivity index (χ4n) is 3.53. The van der Waals surface area contributed by atoms with Gasteiger partial charge in [-0.2, -0.15) is 4.98 Å². The number of rotatable bonds is 3. The molecule has 0 aromatic carbocycles. The molecule has 3 rings (SSSR count). The second kappa shape index (κ2) is 5.82. The van der Waals surface area contributed by atoms with Crippen molar-refractivity contribution in [2.24, 2.45) is 11.7 Å². The van der Waals surface area contributed by atoms with Gasteiger partial charge in [0.25, 0.3) is 0 Å². The minimum atomic E-state index is -0.368. The summed E-state index contributed by atoms with van der Waals surface area (Å²) in [6.45, 7) is 3.56. The molecule has 1 saturated carbocycles. The van der Waals surface area contributed by atoms with Crippen LogP contribution in [0.25, 0.3) is 0 Å². The van der Waals surface area contributed by atoms with E-state index >= 15 is 0 Å². The summed E-state index contributed by atoms with van der Waals surface area (Å²) in [6, 6.07) is 0. The van der Waals surface area contributed by atoms with Gasteiger partial charge in [0.05, 0.1) is 0 Å². The van der Waals surface area contributed by atoms with Crippen molar-refractivity contribution in [2.45, 2.75) is 63.4 Å². The van der Waals surface area contributed by atoms with Crippen LogP contribution in [0.15, 0.2) is 4.52 Å². The molecule has 2 aliphatic rings. The maximum absolute atomic E-state index is 5.90. The molecule has 1 aliphatic heterocycles. The highest BCUT2D eigenvalue weighted by molar-refractivity contribution is 5.05. The van der Waals surface area contributed by atoms with Crippen LogP contribution in [-0.2, 0) is 10.3 Å². The largest absolute Gasteiger partial charge is 0.367 e. The monoisotopic (exact) mass is 279 g/mol. The van der Waals surface area contributed by atoms with Crippen LogP contribution in [0.1, 0.15) is 69.5 Å². The van der Waals surface area contributed by atoms with E-state index in [4.69, 9.17) is 15.0 Å². The van der Waals surface area contributed by atoms with Crippen LogP contribution >= 0.6 is 0 Å². The van der Waals surface area contributed by atoms with Crippen LogP contribution in [0.4, 0.5) is 0 Å². The third-order valence-corrected chi connectivity index (χ3v) is 4.91. The van der Waals surface area contributed by atoms with Crippen molar-refractivity contribution in [3.05, 3.63) is 11.7 Å². The van der Waals surface area contributed by atoms with E-state index in [0.717, 1.165) is 38.2 Å². The third kappa shape index (κ3) is 2.61. The van der Waals surface area contributed by atoms with E-state index in [2.05, 4.69) is 17.1 Å². The second-order valence-corrected chi connectivity index (χ2v) is 6.38. The van der Waals surface area contributed by atoms with Crippen LogP contribution in [0.3, 0.4) is 0 Å². The number of aromatic nitrogens is 2. The summed E-state index contributed by atoms with van der Waals surface area (Å²) in [6.07, 6.45) is 8.03. The molecule has 20 heavy (non-hydrogen) atoms. The highest BCUT2D eigenvalue weighted by Gasteiger charge is 2.37. The molecule has 1 aliphatic carbocycles. The van der Waals surface area contributed by atoms with Crippen molar-refractivity contribution in [1.29, 1.82) is 0 Å². The average Bonchev–Trinajstić information content (AvgIpc) is 2.98. The van der Waals surface area contributed by atoms with Gasteiger partial charge in [0.2, 0.25) is 11.7 Å². The predicted molar refractivity (Wildman–Crippen MR) is 75.2 cm³/mol. The van der Waals surface area contributed by atoms with E-state index in [0.29, 0.717) is 24.2 Å². The molecule has 0 radical (unpaired) electrons. The first-order chi connectivity index (χ1) is 9.73. The maximum atomic E-state index is 5.90. The van der Waals surface area contributed by atoms with E-state index in [1.165, 1.54) is 19.3 Å². The molecule has 2 N–H and O–H groups in total. The van der Waals surface area contributed by atoms with Crippen molar-refractivity contribution in [3.63, 3.8) is 0 Å². The molecule has 0 amide bonds. The van der Waals surface area contributed by atoms with E-state index in [-0.39, 0.29) is 5.60 Å². The molecular formula is C15H25N3O2. The maximum Gasteiger partial charge on any atom is 0.230 e. The number of nitrogens with zero attached hydrogens (tertiary/aromatic N) is 2. The lowest BCUT2D eigenvalue weighted by Gasteiger charge is -2.30. The Hall–Kier alpha value is -0.940. The van der Waals surface area contributed by atoms with Crippen molar-refractivity contribution in [2.75, 3.05) is 13.2 Å². The fourth-order valence-corrected chi connectivity index (χ4v) is 3.53. The summed E-state index contributed by atoms with van der Waals surface area (Å²) < 4.78 is 11.5. The van der Waals surface area contributed by atoms with Crippen molar-refractivity contribution in [1.82, 2.24) is 10.1 Å². The Morgan fingerprint density at radius 1 is 1.25 bits per heavy atom. The Morgan fingerprint density at radius 3 is 2.85 bits per heavy atom. The lowest BCUT2D eigenvalue weighted by Crippen LogP contribution is -2.31. The zero-order chi connectivity index (χ0) is 14.0. The highest BCUT2D eigenvalue weighted by atomic mass is 16.5. The van der Waals surface area contributed by atoms with Crippen LogP contribution in [0, 0.1) is 5.92 Å². The van der Waals surface area contributed by atoms with Gasteiger partial charge in [-0.15, -0.1) is 0 Å². The van der Waals surface area contributed by atoms with E-state index in [1.54, 1.807) is 0 Å². The minimum absolute atomic E-state index is 0.335. The van der Waals surface area contributed by atoms with Gasteiger partial charge in [0.15, 0.2) is 0 Å². The summed E-state index contributed by atoms with van der Waals surface area (Å²) in [7, 11) is 0. The lowest BCUT2D eigenvalue weighted by atomic mass is 9.79. The molecule has 3 atom stereocenters. The van der Waals surface area contributed by atoms with E-state index < -0.39 is 0 Å². The normalized spacial score (nSPS) is 35.1. The Morgan fingerprint density at radius 2 is 2.10 bits per heavy atom. The fraction of sp³-hybridized carbons (Fsp3) is 0.867. The molecule has 112 valence electrons. The molecule has 5 heteroatoms. The topological polar surface area (TPSA) is 74.2 Å². The first-order valence-corrected chi connectivity index (χ1v) is 7.91. The first kappa shape index (κ1) is 14.0. The van der Waals surface area contributed by atoms with Gasteiger partial charge in [0, 0.05) is 12.5 Å². The second-order valence-electron chi connectivity index (χ2n) is 6.38. The Kier molecular flexibility index (Phi) is 4.08. The SMILES string of the molecule is CC1(c2noc(C3CCCCC3CN)n2)CCCCO1. The molecule has 2 fully saturated rings. The number of hydrogen-bond acceptors (Lipinski definition) is 5. The van der Waals surface area contributed by atoms with Gasteiger partial charge in [-0.1, -0.05) is 18.0 Å². The van der Waals surface area contributed by atoms with Gasteiger partial charge >= 0.3 is 0 Å². The Balaban J connectivity index is 1.78. The predicted octanol–water partition coefficient (Wildman–Crippen LogP) is 2.72. The summed E-state index contributed by atoms with van der Waals surface area (Å²) in [5, 5.41) is 4.20. The molecule has 0 bridgehead atoms. The summed E-state index contributed by atoms with van der Waals surface area (Å²) in [5.41, 5.74) is 5.52. The molecule has 2 heterocycles. The molecular weight excluding hydrogens is 254 g/mol. The number of hydrogen-bond donors (Lipinski definition) is 1. The third-order valence-electron chi connectivity index (χ3n) is 4.91. The Labute approximate surface area is 120 Å². The van der Waals surface area contributed by atoms with Crippen LogP contribution in [0.5, 0.6) is 0 Å². The van der Waals surface area contributed by atoms with Gasteiger partial charge in [-0.3, -0.25) is 0 Å². The quantitative estimate of drug-likeness (QED) is 0.920. The zero-order valence-corrected chi connectivity index (χ0v) is 12.3. The van der Waals surface area contributed by atoms with Gasteiger partial charge in [-0.25, -0.2) is 0 Å².